The lowest BCUT2D eigenvalue weighted by Gasteiger charge is -2.29. The van der Waals surface area contributed by atoms with E-state index in [1.165, 1.54) is 11.0 Å². The Balaban J connectivity index is 2.60. The molecule has 0 atom stereocenters. The number of hydrogen-bond donors (Lipinski definition) is 2. The lowest BCUT2D eigenvalue weighted by Crippen LogP contribution is -2.43. The molecule has 0 spiro atoms. The van der Waals surface area contributed by atoms with E-state index in [0.717, 1.165) is 15.1 Å². The summed E-state index contributed by atoms with van der Waals surface area (Å²) in [6.45, 7) is 4.54. The fraction of sp³-hybridized carbons (Fsp3) is 0.583. The second-order valence-electron chi connectivity index (χ2n) is 5.50. The van der Waals surface area contributed by atoms with Crippen LogP contribution in [0.25, 0.3) is 0 Å². The molecule has 0 fully saturated rings. The molecular weight excluding hydrogens is 378 g/mol. The molecule has 0 bridgehead atoms. The van der Waals surface area contributed by atoms with Crippen LogP contribution in [-0.2, 0) is 14.8 Å². The molecule has 6 nitrogen and oxygen atoms in total. The van der Waals surface area contributed by atoms with Gasteiger partial charge in [-0.2, -0.15) is 0 Å². The van der Waals surface area contributed by atoms with Gasteiger partial charge >= 0.3 is 0 Å². The summed E-state index contributed by atoms with van der Waals surface area (Å²) in [4.78, 5) is 13.5. The maximum Gasteiger partial charge on any atom is 0.250 e. The van der Waals surface area contributed by atoms with Gasteiger partial charge in [0.05, 0.1) is 10.3 Å². The highest BCUT2D eigenvalue weighted by Crippen LogP contribution is 2.25. The molecule has 120 valence electrons. The molecule has 0 saturated carbocycles. The molecular formula is C12H20BrN3O3S2. The van der Waals surface area contributed by atoms with Crippen molar-refractivity contribution in [2.75, 3.05) is 26.7 Å². The second kappa shape index (κ2) is 7.19. The van der Waals surface area contributed by atoms with Crippen molar-refractivity contribution in [1.82, 2.24) is 9.62 Å². The van der Waals surface area contributed by atoms with Crippen LogP contribution in [-0.4, -0.2) is 45.9 Å². The van der Waals surface area contributed by atoms with Gasteiger partial charge in [-0.15, -0.1) is 11.3 Å². The second-order valence-corrected chi connectivity index (χ2v) is 9.96. The van der Waals surface area contributed by atoms with Crippen molar-refractivity contribution < 1.29 is 13.2 Å². The van der Waals surface area contributed by atoms with Crippen LogP contribution in [0.2, 0.25) is 0 Å². The number of likely N-dealkylation sites (N-methyl/N-ethyl adjacent to an activating group) is 1. The minimum absolute atomic E-state index is 0.173. The van der Waals surface area contributed by atoms with Crippen molar-refractivity contribution in [1.29, 1.82) is 0 Å². The van der Waals surface area contributed by atoms with Crippen molar-refractivity contribution in [3.8, 4) is 0 Å². The van der Waals surface area contributed by atoms with E-state index in [0.29, 0.717) is 13.1 Å². The first kappa shape index (κ1) is 18.6. The van der Waals surface area contributed by atoms with Crippen LogP contribution in [0.1, 0.15) is 13.8 Å². The van der Waals surface area contributed by atoms with Crippen LogP contribution in [0, 0.1) is 5.41 Å². The van der Waals surface area contributed by atoms with Crippen LogP contribution < -0.4 is 10.5 Å². The van der Waals surface area contributed by atoms with Gasteiger partial charge in [-0.3, -0.25) is 4.79 Å². The van der Waals surface area contributed by atoms with Gasteiger partial charge in [0.15, 0.2) is 0 Å². The number of thiophene rings is 1. The zero-order valence-electron chi connectivity index (χ0n) is 12.2. The summed E-state index contributed by atoms with van der Waals surface area (Å²) in [6, 6.07) is 3.14. The minimum Gasteiger partial charge on any atom is -0.344 e. The molecule has 0 unspecified atom stereocenters. The summed E-state index contributed by atoms with van der Waals surface area (Å²) < 4.78 is 27.2. The number of nitrogens with zero attached hydrogens (tertiary/aromatic N) is 1. The molecule has 1 heterocycles. The molecule has 0 aromatic carbocycles. The van der Waals surface area contributed by atoms with Crippen LogP contribution >= 0.6 is 27.3 Å². The van der Waals surface area contributed by atoms with Gasteiger partial charge in [0.1, 0.15) is 4.21 Å². The number of nitrogens with two attached hydrogens (primary N) is 1. The summed E-state index contributed by atoms with van der Waals surface area (Å²) in [5.41, 5.74) is 5.42. The summed E-state index contributed by atoms with van der Waals surface area (Å²) in [5, 5.41) is 0. The SMILES string of the molecule is CN(CC(C)(C)CN)C(=O)CNS(=O)(=O)c1ccc(Br)s1. The fourth-order valence-electron chi connectivity index (χ4n) is 1.60. The van der Waals surface area contributed by atoms with E-state index in [1.807, 2.05) is 13.8 Å². The number of carbonyl (C=O) groups is 1. The van der Waals surface area contributed by atoms with Crippen LogP contribution in [0.3, 0.4) is 0 Å². The van der Waals surface area contributed by atoms with E-state index in [4.69, 9.17) is 5.73 Å². The lowest BCUT2D eigenvalue weighted by molar-refractivity contribution is -0.129. The normalized spacial score (nSPS) is 12.4. The number of sulfonamides is 1. The molecule has 1 amide bonds. The van der Waals surface area contributed by atoms with Crippen LogP contribution in [0.15, 0.2) is 20.1 Å². The van der Waals surface area contributed by atoms with E-state index in [2.05, 4.69) is 20.7 Å². The molecule has 1 aromatic rings. The monoisotopic (exact) mass is 397 g/mol. The van der Waals surface area contributed by atoms with Gasteiger partial charge < -0.3 is 10.6 Å². The van der Waals surface area contributed by atoms with E-state index in [-0.39, 0.29) is 22.1 Å². The molecule has 1 aromatic heterocycles. The molecule has 21 heavy (non-hydrogen) atoms. The highest BCUT2D eigenvalue weighted by Gasteiger charge is 2.23. The number of carbonyl (C=O) groups excluding carboxylic acids is 1. The summed E-state index contributed by atoms with van der Waals surface area (Å²) in [7, 11) is -2.02. The smallest absolute Gasteiger partial charge is 0.250 e. The number of nitrogens with one attached hydrogen (secondary N) is 1. The molecule has 3 N–H and O–H groups in total. The zero-order valence-corrected chi connectivity index (χ0v) is 15.4. The maximum atomic E-state index is 12.0. The largest absolute Gasteiger partial charge is 0.344 e. The highest BCUT2D eigenvalue weighted by molar-refractivity contribution is 9.11. The third-order valence-electron chi connectivity index (χ3n) is 2.87. The van der Waals surface area contributed by atoms with Crippen molar-refractivity contribution in [3.63, 3.8) is 0 Å². The Morgan fingerprint density at radius 1 is 1.48 bits per heavy atom. The predicted octanol–water partition coefficient (Wildman–Crippen LogP) is 1.23. The Labute approximate surface area is 137 Å². The molecule has 9 heteroatoms. The van der Waals surface area contributed by atoms with E-state index >= 15 is 0 Å². The number of amides is 1. The van der Waals surface area contributed by atoms with Gasteiger partial charge in [0, 0.05) is 13.6 Å². The average Bonchev–Trinajstić information content (AvgIpc) is 2.83. The Kier molecular flexibility index (Phi) is 6.36. The van der Waals surface area contributed by atoms with Crippen LogP contribution in [0.4, 0.5) is 0 Å². The Morgan fingerprint density at radius 3 is 2.57 bits per heavy atom. The highest BCUT2D eigenvalue weighted by atomic mass is 79.9. The molecule has 0 aliphatic carbocycles. The molecule has 0 saturated heterocycles. The van der Waals surface area contributed by atoms with Crippen molar-refractivity contribution in [2.24, 2.45) is 11.1 Å². The Morgan fingerprint density at radius 2 is 2.10 bits per heavy atom. The van der Waals surface area contributed by atoms with Gasteiger partial charge in [-0.25, -0.2) is 13.1 Å². The summed E-state index contributed by atoms with van der Waals surface area (Å²) in [6.07, 6.45) is 0. The van der Waals surface area contributed by atoms with E-state index < -0.39 is 10.0 Å². The van der Waals surface area contributed by atoms with Crippen molar-refractivity contribution >= 4 is 43.2 Å². The number of halogens is 1. The average molecular weight is 398 g/mol. The van der Waals surface area contributed by atoms with Gasteiger partial charge in [0.2, 0.25) is 5.91 Å². The van der Waals surface area contributed by atoms with Gasteiger partial charge in [-0.1, -0.05) is 13.8 Å². The molecule has 1 rings (SSSR count). The topological polar surface area (TPSA) is 92.5 Å². The standard InChI is InChI=1S/C12H20BrN3O3S2/c1-12(2,7-14)8-16(3)10(17)6-15-21(18,19)11-5-4-9(13)20-11/h4-5,15H,6-8,14H2,1-3H3. The minimum atomic E-state index is -3.65. The Hall–Kier alpha value is -0.480. The van der Waals surface area contributed by atoms with Crippen molar-refractivity contribution in [2.45, 2.75) is 18.1 Å². The summed E-state index contributed by atoms with van der Waals surface area (Å²) >= 11 is 4.30. The van der Waals surface area contributed by atoms with E-state index in [1.54, 1.807) is 13.1 Å². The van der Waals surface area contributed by atoms with E-state index in [9.17, 15) is 13.2 Å². The van der Waals surface area contributed by atoms with Gasteiger partial charge in [-0.05, 0) is 40.0 Å². The first-order chi connectivity index (χ1) is 9.57. The third-order valence-corrected chi connectivity index (χ3v) is 6.39. The first-order valence-corrected chi connectivity index (χ1v) is 9.36. The van der Waals surface area contributed by atoms with Crippen LogP contribution in [0.5, 0.6) is 0 Å². The number of hydrogen-bond acceptors (Lipinski definition) is 5. The Bertz CT molecular complexity index is 599. The zero-order chi connectivity index (χ0) is 16.3. The summed E-state index contributed by atoms with van der Waals surface area (Å²) in [5.74, 6) is -0.296. The molecule has 0 aliphatic rings. The predicted molar refractivity (Wildman–Crippen MR) is 87.7 cm³/mol. The maximum absolute atomic E-state index is 12.0. The third kappa shape index (κ3) is 5.67. The van der Waals surface area contributed by atoms with Crippen molar-refractivity contribution in [3.05, 3.63) is 15.9 Å². The number of rotatable bonds is 7. The molecule has 0 aliphatic heterocycles. The fourth-order valence-corrected chi connectivity index (χ4v) is 4.63. The lowest BCUT2D eigenvalue weighted by atomic mass is 9.93. The quantitative estimate of drug-likeness (QED) is 0.723. The first-order valence-electron chi connectivity index (χ1n) is 6.26. The van der Waals surface area contributed by atoms with Gasteiger partial charge in [0.25, 0.3) is 10.0 Å². The molecule has 0 radical (unpaired) electrons.